The molecule has 1 fully saturated rings. The molecule has 0 aliphatic heterocycles. The first-order valence-electron chi connectivity index (χ1n) is 8.32. The molecule has 122 valence electrons. The fourth-order valence-electron chi connectivity index (χ4n) is 3.85. The van der Waals surface area contributed by atoms with Crippen LogP contribution in [0.2, 0.25) is 0 Å². The van der Waals surface area contributed by atoms with Crippen LogP contribution in [0.5, 0.6) is 0 Å². The van der Waals surface area contributed by atoms with Crippen molar-refractivity contribution < 1.29 is 4.79 Å². The van der Waals surface area contributed by atoms with E-state index < -0.39 is 0 Å². The Morgan fingerprint density at radius 3 is 2.68 bits per heavy atom. The molecule has 1 atom stereocenters. The zero-order chi connectivity index (χ0) is 14.7. The van der Waals surface area contributed by atoms with Gasteiger partial charge in [-0.1, -0.05) is 43.5 Å². The van der Waals surface area contributed by atoms with Crippen molar-refractivity contribution in [2.24, 2.45) is 5.73 Å². The monoisotopic (exact) mass is 322 g/mol. The van der Waals surface area contributed by atoms with Crippen LogP contribution in [0, 0.1) is 0 Å². The van der Waals surface area contributed by atoms with Gasteiger partial charge in [-0.15, -0.1) is 12.4 Å². The summed E-state index contributed by atoms with van der Waals surface area (Å²) in [4.78, 5) is 12.6. The average Bonchev–Trinajstić information content (AvgIpc) is 2.53. The fraction of sp³-hybridized carbons (Fsp3) is 0.611. The number of hydrogen-bond acceptors (Lipinski definition) is 2. The third kappa shape index (κ3) is 3.82. The Morgan fingerprint density at radius 1 is 1.18 bits per heavy atom. The highest BCUT2D eigenvalue weighted by Crippen LogP contribution is 2.32. The lowest BCUT2D eigenvalue weighted by Gasteiger charge is -2.34. The topological polar surface area (TPSA) is 55.1 Å². The molecule has 2 aliphatic rings. The number of halogens is 1. The van der Waals surface area contributed by atoms with E-state index in [1.807, 2.05) is 6.07 Å². The predicted octanol–water partition coefficient (Wildman–Crippen LogP) is 3.31. The molecule has 0 saturated heterocycles. The molecule has 1 unspecified atom stereocenters. The predicted molar refractivity (Wildman–Crippen MR) is 92.4 cm³/mol. The van der Waals surface area contributed by atoms with Crippen molar-refractivity contribution >= 4 is 18.3 Å². The van der Waals surface area contributed by atoms with E-state index in [1.54, 1.807) is 0 Å². The summed E-state index contributed by atoms with van der Waals surface area (Å²) in [6.45, 7) is 0.629. The Kier molecular flexibility index (Phi) is 5.87. The second-order valence-electron chi connectivity index (χ2n) is 6.78. The molecule has 2 aliphatic carbocycles. The van der Waals surface area contributed by atoms with E-state index in [4.69, 9.17) is 5.73 Å². The van der Waals surface area contributed by atoms with Gasteiger partial charge in [0.05, 0.1) is 5.92 Å². The Morgan fingerprint density at radius 2 is 1.91 bits per heavy atom. The first-order chi connectivity index (χ1) is 10.2. The van der Waals surface area contributed by atoms with Crippen LogP contribution in [0.1, 0.15) is 62.0 Å². The molecule has 1 amide bonds. The molecule has 22 heavy (non-hydrogen) atoms. The van der Waals surface area contributed by atoms with Crippen LogP contribution in [0.3, 0.4) is 0 Å². The van der Waals surface area contributed by atoms with Crippen molar-refractivity contribution in [2.75, 3.05) is 6.54 Å². The molecule has 0 aromatic heterocycles. The molecule has 3 N–H and O–H groups in total. The minimum atomic E-state index is -0.178. The van der Waals surface area contributed by atoms with Gasteiger partial charge in [-0.05, 0) is 43.2 Å². The SMILES string of the molecule is Cl.NC1(CNC(=O)C2CCCc3ccccc32)CCCCC1. The van der Waals surface area contributed by atoms with Gasteiger partial charge in [0.1, 0.15) is 0 Å². The van der Waals surface area contributed by atoms with Crippen LogP contribution < -0.4 is 11.1 Å². The average molecular weight is 323 g/mol. The van der Waals surface area contributed by atoms with E-state index in [-0.39, 0.29) is 29.8 Å². The number of nitrogens with two attached hydrogens (primary N) is 1. The summed E-state index contributed by atoms with van der Waals surface area (Å²) < 4.78 is 0. The number of nitrogens with one attached hydrogen (secondary N) is 1. The number of aryl methyl sites for hydroxylation is 1. The Balaban J connectivity index is 0.00000176. The van der Waals surface area contributed by atoms with Crippen LogP contribution in [-0.4, -0.2) is 18.0 Å². The molecule has 0 heterocycles. The van der Waals surface area contributed by atoms with Gasteiger partial charge < -0.3 is 11.1 Å². The lowest BCUT2D eigenvalue weighted by Crippen LogP contribution is -2.52. The third-order valence-corrected chi connectivity index (χ3v) is 5.15. The quantitative estimate of drug-likeness (QED) is 0.897. The number of hydrogen-bond donors (Lipinski definition) is 2. The second kappa shape index (κ2) is 7.47. The maximum atomic E-state index is 12.6. The minimum Gasteiger partial charge on any atom is -0.354 e. The minimum absolute atomic E-state index is 0. The normalized spacial score (nSPS) is 23.0. The molecule has 3 rings (SSSR count). The highest BCUT2D eigenvalue weighted by Gasteiger charge is 2.30. The maximum Gasteiger partial charge on any atom is 0.227 e. The van der Waals surface area contributed by atoms with Gasteiger partial charge in [-0.25, -0.2) is 0 Å². The van der Waals surface area contributed by atoms with E-state index in [1.165, 1.54) is 30.4 Å². The van der Waals surface area contributed by atoms with Crippen LogP contribution >= 0.6 is 12.4 Å². The fourth-order valence-corrected chi connectivity index (χ4v) is 3.85. The van der Waals surface area contributed by atoms with Crippen LogP contribution in [-0.2, 0) is 11.2 Å². The van der Waals surface area contributed by atoms with Gasteiger partial charge in [0, 0.05) is 12.1 Å². The molecule has 1 aromatic rings. The lowest BCUT2D eigenvalue weighted by molar-refractivity contribution is -0.123. The van der Waals surface area contributed by atoms with Crippen LogP contribution in [0.25, 0.3) is 0 Å². The zero-order valence-corrected chi connectivity index (χ0v) is 14.0. The molecule has 1 saturated carbocycles. The summed E-state index contributed by atoms with van der Waals surface area (Å²) in [5.41, 5.74) is 8.79. The Bertz CT molecular complexity index is 512. The molecule has 0 radical (unpaired) electrons. The largest absolute Gasteiger partial charge is 0.354 e. The standard InChI is InChI=1S/C18H26N2O.ClH/c19-18(11-4-1-5-12-18)13-20-17(21)16-10-6-8-14-7-2-3-9-15(14)16;/h2-3,7,9,16H,1,4-6,8,10-13,19H2,(H,20,21);1H. The molecule has 3 nitrogen and oxygen atoms in total. The molecular formula is C18H27ClN2O. The molecule has 1 aromatic carbocycles. The smallest absolute Gasteiger partial charge is 0.227 e. The van der Waals surface area contributed by atoms with Crippen molar-refractivity contribution in [1.29, 1.82) is 0 Å². The van der Waals surface area contributed by atoms with Gasteiger partial charge in [0.25, 0.3) is 0 Å². The molecule has 4 heteroatoms. The number of carbonyl (C=O) groups excluding carboxylic acids is 1. The lowest BCUT2D eigenvalue weighted by atomic mass is 9.81. The van der Waals surface area contributed by atoms with E-state index >= 15 is 0 Å². The van der Waals surface area contributed by atoms with Crippen molar-refractivity contribution in [3.8, 4) is 0 Å². The summed E-state index contributed by atoms with van der Waals surface area (Å²) in [6.07, 6.45) is 8.90. The number of amides is 1. The summed E-state index contributed by atoms with van der Waals surface area (Å²) >= 11 is 0. The van der Waals surface area contributed by atoms with Gasteiger partial charge in [-0.2, -0.15) is 0 Å². The van der Waals surface area contributed by atoms with Crippen LogP contribution in [0.4, 0.5) is 0 Å². The first kappa shape index (κ1) is 17.3. The summed E-state index contributed by atoms with van der Waals surface area (Å²) in [7, 11) is 0. The van der Waals surface area contributed by atoms with Gasteiger partial charge in [-0.3, -0.25) is 4.79 Å². The molecule has 0 spiro atoms. The number of carbonyl (C=O) groups is 1. The van der Waals surface area contributed by atoms with Crippen molar-refractivity contribution in [3.63, 3.8) is 0 Å². The highest BCUT2D eigenvalue weighted by molar-refractivity contribution is 5.85. The van der Waals surface area contributed by atoms with Crippen molar-refractivity contribution in [2.45, 2.75) is 62.8 Å². The van der Waals surface area contributed by atoms with Gasteiger partial charge in [0.15, 0.2) is 0 Å². The number of benzene rings is 1. The Hall–Kier alpha value is -1.06. The Labute approximate surface area is 139 Å². The number of rotatable bonds is 3. The zero-order valence-electron chi connectivity index (χ0n) is 13.1. The van der Waals surface area contributed by atoms with Crippen molar-refractivity contribution in [1.82, 2.24) is 5.32 Å². The van der Waals surface area contributed by atoms with Crippen LogP contribution in [0.15, 0.2) is 24.3 Å². The first-order valence-corrected chi connectivity index (χ1v) is 8.32. The molecule has 0 bridgehead atoms. The van der Waals surface area contributed by atoms with Gasteiger partial charge >= 0.3 is 0 Å². The van der Waals surface area contributed by atoms with E-state index in [2.05, 4.69) is 23.5 Å². The summed E-state index contributed by atoms with van der Waals surface area (Å²) in [5, 5.41) is 3.14. The highest BCUT2D eigenvalue weighted by atomic mass is 35.5. The maximum absolute atomic E-state index is 12.6. The van der Waals surface area contributed by atoms with E-state index in [9.17, 15) is 4.79 Å². The number of fused-ring (bicyclic) bond motifs is 1. The second-order valence-corrected chi connectivity index (χ2v) is 6.78. The molecular weight excluding hydrogens is 296 g/mol. The summed E-state index contributed by atoms with van der Waals surface area (Å²) in [6, 6.07) is 8.36. The van der Waals surface area contributed by atoms with Gasteiger partial charge in [0.2, 0.25) is 5.91 Å². The third-order valence-electron chi connectivity index (χ3n) is 5.15. The van der Waals surface area contributed by atoms with Crippen molar-refractivity contribution in [3.05, 3.63) is 35.4 Å². The summed E-state index contributed by atoms with van der Waals surface area (Å²) in [5.74, 6) is 0.180. The van der Waals surface area contributed by atoms with E-state index in [0.29, 0.717) is 6.54 Å². The van der Waals surface area contributed by atoms with E-state index in [0.717, 1.165) is 32.1 Å².